The number of rotatable bonds is 9. The van der Waals surface area contributed by atoms with Gasteiger partial charge in [-0.1, -0.05) is 24.4 Å². The summed E-state index contributed by atoms with van der Waals surface area (Å²) in [7, 11) is 3.16. The third kappa shape index (κ3) is 6.42. The van der Waals surface area contributed by atoms with Gasteiger partial charge in [0.05, 0.1) is 20.3 Å². The number of hydrogen-bond acceptors (Lipinski definition) is 6. The number of benzene rings is 2. The molecule has 2 fully saturated rings. The molecule has 1 atom stereocenters. The molecule has 0 unspecified atom stereocenters. The van der Waals surface area contributed by atoms with Crippen LogP contribution >= 0.6 is 11.6 Å². The minimum atomic E-state index is -0.233. The first-order valence-electron chi connectivity index (χ1n) is 12.4. The predicted molar refractivity (Wildman–Crippen MR) is 139 cm³/mol. The summed E-state index contributed by atoms with van der Waals surface area (Å²) in [4.78, 5) is 30.3. The molecule has 0 radical (unpaired) electrons. The number of methoxy groups -OCH3 is 2. The molecule has 2 amide bonds. The number of amides is 2. The van der Waals surface area contributed by atoms with E-state index in [1.54, 1.807) is 50.6 Å². The van der Waals surface area contributed by atoms with E-state index < -0.39 is 0 Å². The quantitative estimate of drug-likeness (QED) is 0.542. The zero-order chi connectivity index (χ0) is 25.5. The number of carbonyl (C=O) groups excluding carboxylic acids is 2. The summed E-state index contributed by atoms with van der Waals surface area (Å²) in [5.74, 6) is 2.03. The van der Waals surface area contributed by atoms with E-state index in [2.05, 4.69) is 10.2 Å². The van der Waals surface area contributed by atoms with Gasteiger partial charge in [-0.05, 0) is 55.2 Å². The highest BCUT2D eigenvalue weighted by Crippen LogP contribution is 2.33. The van der Waals surface area contributed by atoms with Gasteiger partial charge in [0.25, 0.3) is 5.91 Å². The van der Waals surface area contributed by atoms with Crippen LogP contribution in [-0.4, -0.2) is 74.7 Å². The molecule has 0 spiro atoms. The van der Waals surface area contributed by atoms with Gasteiger partial charge in [-0.15, -0.1) is 0 Å². The molecule has 1 saturated heterocycles. The zero-order valence-corrected chi connectivity index (χ0v) is 21.6. The average molecular weight is 516 g/mol. The van der Waals surface area contributed by atoms with Crippen molar-refractivity contribution in [3.8, 4) is 17.2 Å². The van der Waals surface area contributed by atoms with Gasteiger partial charge >= 0.3 is 0 Å². The van der Waals surface area contributed by atoms with Crippen molar-refractivity contribution < 1.29 is 23.8 Å². The Morgan fingerprint density at radius 2 is 1.64 bits per heavy atom. The minimum absolute atomic E-state index is 0.0139. The summed E-state index contributed by atoms with van der Waals surface area (Å²) in [6, 6.07) is 12.1. The molecule has 2 aromatic carbocycles. The highest BCUT2D eigenvalue weighted by atomic mass is 35.5. The molecule has 1 aliphatic carbocycles. The standard InChI is InChI=1S/C27H34ClN3O5/c1-34-23-12-9-21(17-24(23)35-2)29-27(33)26(19-5-3-4-6-19)31-15-13-30(14-16-31)25(32)18-36-22-10-7-20(28)8-11-22/h7-12,17,19,26H,3-6,13-16,18H2,1-2H3,(H,29,33)/t26-/m1/s1. The molecular weight excluding hydrogens is 482 g/mol. The third-order valence-electron chi connectivity index (χ3n) is 7.00. The average Bonchev–Trinajstić information content (AvgIpc) is 3.43. The number of hydrogen-bond donors (Lipinski definition) is 1. The van der Waals surface area contributed by atoms with Crippen molar-refractivity contribution in [2.45, 2.75) is 31.7 Å². The van der Waals surface area contributed by atoms with E-state index in [0.29, 0.717) is 60.1 Å². The smallest absolute Gasteiger partial charge is 0.260 e. The lowest BCUT2D eigenvalue weighted by molar-refractivity contribution is -0.136. The summed E-state index contributed by atoms with van der Waals surface area (Å²) in [6.07, 6.45) is 4.37. The largest absolute Gasteiger partial charge is 0.493 e. The Hall–Kier alpha value is -2.97. The van der Waals surface area contributed by atoms with Crippen LogP contribution in [0, 0.1) is 5.92 Å². The van der Waals surface area contributed by atoms with Crippen LogP contribution in [0.2, 0.25) is 5.02 Å². The molecular formula is C27H34ClN3O5. The predicted octanol–water partition coefficient (Wildman–Crippen LogP) is 4.08. The minimum Gasteiger partial charge on any atom is -0.493 e. The van der Waals surface area contributed by atoms with Crippen LogP contribution in [0.25, 0.3) is 0 Å². The SMILES string of the molecule is COc1ccc(NC(=O)[C@@H](C2CCCC2)N2CCN(C(=O)COc3ccc(Cl)cc3)CC2)cc1OC. The van der Waals surface area contributed by atoms with Crippen molar-refractivity contribution in [2.75, 3.05) is 52.3 Å². The van der Waals surface area contributed by atoms with Crippen LogP contribution < -0.4 is 19.5 Å². The molecule has 4 rings (SSSR count). The number of piperazine rings is 1. The zero-order valence-electron chi connectivity index (χ0n) is 20.9. The Labute approximate surface area is 217 Å². The molecule has 36 heavy (non-hydrogen) atoms. The van der Waals surface area contributed by atoms with Crippen LogP contribution in [0.5, 0.6) is 17.2 Å². The number of halogens is 1. The molecule has 8 nitrogen and oxygen atoms in total. The first-order chi connectivity index (χ1) is 17.5. The summed E-state index contributed by atoms with van der Waals surface area (Å²) in [5, 5.41) is 3.71. The molecule has 9 heteroatoms. The highest BCUT2D eigenvalue weighted by molar-refractivity contribution is 6.30. The lowest BCUT2D eigenvalue weighted by Crippen LogP contribution is -2.57. The fourth-order valence-corrected chi connectivity index (χ4v) is 5.22. The summed E-state index contributed by atoms with van der Waals surface area (Å²) < 4.78 is 16.3. The van der Waals surface area contributed by atoms with Gasteiger partial charge in [-0.3, -0.25) is 14.5 Å². The summed E-state index contributed by atoms with van der Waals surface area (Å²) in [6.45, 7) is 2.40. The number of carbonyl (C=O) groups is 2. The maximum Gasteiger partial charge on any atom is 0.260 e. The van der Waals surface area contributed by atoms with Crippen molar-refractivity contribution in [3.63, 3.8) is 0 Å². The van der Waals surface area contributed by atoms with Gasteiger partial charge in [-0.25, -0.2) is 0 Å². The van der Waals surface area contributed by atoms with E-state index >= 15 is 0 Å². The van der Waals surface area contributed by atoms with Gasteiger partial charge in [0.2, 0.25) is 5.91 Å². The van der Waals surface area contributed by atoms with Gasteiger partial charge in [0.15, 0.2) is 18.1 Å². The monoisotopic (exact) mass is 515 g/mol. The Morgan fingerprint density at radius 3 is 2.28 bits per heavy atom. The van der Waals surface area contributed by atoms with Crippen LogP contribution in [0.3, 0.4) is 0 Å². The summed E-state index contributed by atoms with van der Waals surface area (Å²) >= 11 is 5.90. The fourth-order valence-electron chi connectivity index (χ4n) is 5.10. The van der Waals surface area contributed by atoms with E-state index in [-0.39, 0.29) is 24.5 Å². The lowest BCUT2D eigenvalue weighted by Gasteiger charge is -2.40. The van der Waals surface area contributed by atoms with Crippen LogP contribution in [0.4, 0.5) is 5.69 Å². The number of anilines is 1. The molecule has 2 aliphatic rings. The van der Waals surface area contributed by atoms with Gasteiger partial charge in [0.1, 0.15) is 5.75 Å². The van der Waals surface area contributed by atoms with Gasteiger partial charge < -0.3 is 24.4 Å². The maximum absolute atomic E-state index is 13.5. The van der Waals surface area contributed by atoms with E-state index in [1.165, 1.54) is 0 Å². The Kier molecular flexibility index (Phi) is 8.93. The second-order valence-electron chi connectivity index (χ2n) is 9.21. The van der Waals surface area contributed by atoms with Crippen LogP contribution in [0.15, 0.2) is 42.5 Å². The van der Waals surface area contributed by atoms with Crippen molar-refractivity contribution in [2.24, 2.45) is 5.92 Å². The van der Waals surface area contributed by atoms with Crippen molar-refractivity contribution in [1.82, 2.24) is 9.80 Å². The van der Waals surface area contributed by atoms with Gasteiger partial charge in [0, 0.05) is 43.0 Å². The first-order valence-corrected chi connectivity index (χ1v) is 12.8. The molecule has 2 aromatic rings. The number of nitrogens with one attached hydrogen (secondary N) is 1. The molecule has 1 N–H and O–H groups in total. The van der Waals surface area contributed by atoms with Crippen LogP contribution in [-0.2, 0) is 9.59 Å². The molecule has 0 aromatic heterocycles. The molecule has 1 aliphatic heterocycles. The Morgan fingerprint density at radius 1 is 0.972 bits per heavy atom. The Balaban J connectivity index is 1.36. The van der Waals surface area contributed by atoms with Crippen molar-refractivity contribution in [3.05, 3.63) is 47.5 Å². The first kappa shape index (κ1) is 26.1. The highest BCUT2D eigenvalue weighted by Gasteiger charge is 2.37. The lowest BCUT2D eigenvalue weighted by atomic mass is 9.95. The molecule has 0 bridgehead atoms. The van der Waals surface area contributed by atoms with E-state index in [1.807, 2.05) is 11.0 Å². The maximum atomic E-state index is 13.5. The topological polar surface area (TPSA) is 80.3 Å². The molecule has 1 heterocycles. The van der Waals surface area contributed by atoms with Crippen LogP contribution in [0.1, 0.15) is 25.7 Å². The van der Waals surface area contributed by atoms with Crippen molar-refractivity contribution in [1.29, 1.82) is 0 Å². The second kappa shape index (κ2) is 12.3. The second-order valence-corrected chi connectivity index (χ2v) is 9.64. The van der Waals surface area contributed by atoms with E-state index in [4.69, 9.17) is 25.8 Å². The molecule has 1 saturated carbocycles. The van der Waals surface area contributed by atoms with E-state index in [0.717, 1.165) is 25.7 Å². The van der Waals surface area contributed by atoms with E-state index in [9.17, 15) is 9.59 Å². The number of ether oxygens (including phenoxy) is 3. The van der Waals surface area contributed by atoms with Crippen molar-refractivity contribution >= 4 is 29.1 Å². The number of nitrogens with zero attached hydrogens (tertiary/aromatic N) is 2. The Bertz CT molecular complexity index is 1030. The third-order valence-corrected chi connectivity index (χ3v) is 7.25. The van der Waals surface area contributed by atoms with Gasteiger partial charge in [-0.2, -0.15) is 0 Å². The summed E-state index contributed by atoms with van der Waals surface area (Å²) in [5.41, 5.74) is 0.675. The fraction of sp³-hybridized carbons (Fsp3) is 0.481. The normalized spacial score (nSPS) is 17.5. The molecule has 194 valence electrons.